The molecule has 4 bridgehead atoms. The minimum atomic E-state index is -1.73. The van der Waals surface area contributed by atoms with Crippen LogP contribution in [0.1, 0.15) is 91.9 Å². The Morgan fingerprint density at radius 1 is 0.558 bits per heavy atom. The van der Waals surface area contributed by atoms with Gasteiger partial charge in [-0.3, -0.25) is 19.2 Å². The van der Waals surface area contributed by atoms with E-state index in [4.69, 9.17) is 18.9 Å². The fraction of sp³-hybridized carbons (Fsp3) is 0.900. The number of hydrogen-bond acceptors (Lipinski definition) is 12. The number of fused-ring (bicyclic) bond motifs is 5. The van der Waals surface area contributed by atoms with Crippen LogP contribution in [0.5, 0.6) is 0 Å². The van der Waals surface area contributed by atoms with Crippen molar-refractivity contribution in [2.24, 2.45) is 78.8 Å². The minimum Gasteiger partial charge on any atom is -0.461 e. The predicted molar refractivity (Wildman–Crippen MR) is 175 cm³/mol. The molecule has 0 radical (unpaired) electrons. The topological polar surface area (TPSA) is 186 Å². The lowest BCUT2D eigenvalue weighted by atomic mass is 9.40. The first-order valence-corrected chi connectivity index (χ1v) is 19.9. The van der Waals surface area contributed by atoms with Crippen LogP contribution in [0.4, 0.5) is 0 Å². The molecule has 12 nitrogen and oxygen atoms in total. The SMILES string of the molecule is CC1(C)CC[C@@H]2OC(=O)[C@@]34C[C@@H](C[C@H](O)[C@H]3[C@]23CO[C@@H](O)[C@H]13)C1(CCC12C(=O)[C@]13C[C@H]2C[C@H](O)[C@H]1[C@@]12CO[C@@H](O)[C@@H]1C(C)(C)CC[C@@H]2OC3=O)C4=O. The number of Topliss-reactive ketones (excluding diaryl/α,β-unsaturated/α-hetero) is 2. The van der Waals surface area contributed by atoms with Crippen LogP contribution < -0.4 is 0 Å². The summed E-state index contributed by atoms with van der Waals surface area (Å²) in [5.41, 5.74) is -8.91. The van der Waals surface area contributed by atoms with Gasteiger partial charge in [0.2, 0.25) is 0 Å². The molecule has 4 aliphatic heterocycles. The maximum Gasteiger partial charge on any atom is 0.320 e. The van der Waals surface area contributed by atoms with Crippen LogP contribution in [0.15, 0.2) is 0 Å². The second-order valence-electron chi connectivity index (χ2n) is 20.8. The van der Waals surface area contributed by atoms with E-state index in [-0.39, 0.29) is 50.5 Å². The molecule has 4 heterocycles. The van der Waals surface area contributed by atoms with E-state index in [1.54, 1.807) is 0 Å². The average molecular weight is 725 g/mol. The highest BCUT2D eigenvalue weighted by Gasteiger charge is 2.92. The zero-order valence-electron chi connectivity index (χ0n) is 30.5. The number of ketones is 2. The van der Waals surface area contributed by atoms with Crippen LogP contribution in [-0.2, 0) is 38.1 Å². The zero-order valence-corrected chi connectivity index (χ0v) is 30.5. The molecular formula is C40H52O12. The second-order valence-corrected chi connectivity index (χ2v) is 20.8. The summed E-state index contributed by atoms with van der Waals surface area (Å²) in [4.78, 5) is 60.9. The van der Waals surface area contributed by atoms with E-state index >= 15 is 9.59 Å². The van der Waals surface area contributed by atoms with Crippen LogP contribution in [0.2, 0.25) is 0 Å². The number of hydrogen-bond donors (Lipinski definition) is 4. The first-order chi connectivity index (χ1) is 24.4. The third kappa shape index (κ3) is 3.01. The first kappa shape index (κ1) is 33.4. The third-order valence-electron chi connectivity index (χ3n) is 18.9. The third-order valence-corrected chi connectivity index (χ3v) is 18.9. The highest BCUT2D eigenvalue weighted by atomic mass is 16.6. The van der Waals surface area contributed by atoms with E-state index in [1.807, 2.05) is 0 Å². The Bertz CT molecular complexity index is 1620. The molecule has 11 aliphatic rings. The summed E-state index contributed by atoms with van der Waals surface area (Å²) in [6, 6.07) is 0. The van der Waals surface area contributed by atoms with Gasteiger partial charge in [0.05, 0.1) is 25.4 Å². The summed E-state index contributed by atoms with van der Waals surface area (Å²) in [6.07, 6.45) is -1.90. The molecule has 12 heteroatoms. The molecule has 52 heavy (non-hydrogen) atoms. The van der Waals surface area contributed by atoms with Crippen molar-refractivity contribution in [1.29, 1.82) is 0 Å². The summed E-state index contributed by atoms with van der Waals surface area (Å²) in [5, 5.41) is 47.3. The van der Waals surface area contributed by atoms with Crippen LogP contribution in [0.3, 0.4) is 0 Å². The van der Waals surface area contributed by atoms with Gasteiger partial charge in [0.25, 0.3) is 0 Å². The van der Waals surface area contributed by atoms with Gasteiger partial charge in [0.1, 0.15) is 23.0 Å². The molecule has 2 unspecified atom stereocenters. The van der Waals surface area contributed by atoms with E-state index < -0.39 is 128 Å². The molecule has 284 valence electrons. The van der Waals surface area contributed by atoms with Crippen molar-refractivity contribution >= 4 is 23.5 Å². The van der Waals surface area contributed by atoms with Gasteiger partial charge in [-0.05, 0) is 86.9 Å². The summed E-state index contributed by atoms with van der Waals surface area (Å²) in [7, 11) is 0. The van der Waals surface area contributed by atoms with Gasteiger partial charge >= 0.3 is 11.9 Å². The van der Waals surface area contributed by atoms with Crippen molar-refractivity contribution in [2.45, 2.75) is 129 Å². The molecule has 11 fully saturated rings. The molecule has 0 aromatic rings. The lowest BCUT2D eigenvalue weighted by Crippen LogP contribution is -2.72. The maximum atomic E-state index is 15.9. The standard InChI is InChI=1S/C40H52O12/c1-33(2)7-5-21-37(15-49-27(43)25(33)37)23-19(41)11-17-13-35(23,31(47)51-21)29(45)39(17)9-10-40(39)18-12-20(42)24-36(14-18,30(40)46)32(48)52-22-6-8-34(3,4)26-28(44)50-16-38(22,24)26/h17-28,41-44H,5-16H2,1-4H3/t17-,18-,19+,20+,21+,22+,23-,24-,25-,26-,27-,28-,35+,36+,37+,38+,39?,40?/m1/s1. The Morgan fingerprint density at radius 3 is 1.31 bits per heavy atom. The fourth-order valence-corrected chi connectivity index (χ4v) is 17.6. The van der Waals surface area contributed by atoms with Gasteiger partial charge in [0.15, 0.2) is 24.1 Å². The zero-order chi connectivity index (χ0) is 36.6. The summed E-state index contributed by atoms with van der Waals surface area (Å²) < 4.78 is 24.6. The number of carbonyl (C=O) groups excluding carboxylic acids is 4. The Labute approximate surface area is 302 Å². The largest absolute Gasteiger partial charge is 0.461 e. The van der Waals surface area contributed by atoms with Crippen molar-refractivity contribution in [3.05, 3.63) is 0 Å². The Kier molecular flexibility index (Phi) is 6.00. The maximum absolute atomic E-state index is 15.9. The van der Waals surface area contributed by atoms with E-state index in [9.17, 15) is 30.0 Å². The molecule has 0 amide bonds. The van der Waals surface area contributed by atoms with E-state index in [1.165, 1.54) is 0 Å². The molecule has 4 saturated heterocycles. The van der Waals surface area contributed by atoms with Crippen LogP contribution >= 0.6 is 0 Å². The van der Waals surface area contributed by atoms with Crippen LogP contribution in [0, 0.1) is 78.8 Å². The highest BCUT2D eigenvalue weighted by Crippen LogP contribution is 2.85. The Balaban J connectivity index is 1.06. The van der Waals surface area contributed by atoms with Gasteiger partial charge in [-0.25, -0.2) is 0 Å². The number of rotatable bonds is 0. The molecular weight excluding hydrogens is 672 g/mol. The summed E-state index contributed by atoms with van der Waals surface area (Å²) >= 11 is 0. The van der Waals surface area contributed by atoms with Crippen molar-refractivity contribution in [2.75, 3.05) is 13.2 Å². The van der Waals surface area contributed by atoms with Gasteiger partial charge in [-0.1, -0.05) is 27.7 Å². The Morgan fingerprint density at radius 2 is 0.942 bits per heavy atom. The monoisotopic (exact) mass is 724 g/mol. The van der Waals surface area contributed by atoms with Crippen LogP contribution in [-0.4, -0.2) is 94.1 Å². The minimum absolute atomic E-state index is 0.0544. The van der Waals surface area contributed by atoms with Crippen molar-refractivity contribution < 1.29 is 58.6 Å². The smallest absolute Gasteiger partial charge is 0.320 e. The molecule has 0 aromatic heterocycles. The molecule has 7 aliphatic carbocycles. The lowest BCUT2D eigenvalue weighted by Gasteiger charge is -2.62. The number of carbonyl (C=O) groups is 4. The summed E-state index contributed by atoms with van der Waals surface area (Å²) in [6.45, 7) is 8.35. The van der Waals surface area contributed by atoms with Gasteiger partial charge < -0.3 is 39.4 Å². The molecule has 0 aromatic carbocycles. The number of aliphatic hydroxyl groups excluding tert-OH is 4. The normalized spacial score (nSPS) is 61.2. The van der Waals surface area contributed by atoms with Gasteiger partial charge in [-0.15, -0.1) is 0 Å². The molecule has 11 rings (SSSR count). The van der Waals surface area contributed by atoms with E-state index in [2.05, 4.69) is 27.7 Å². The van der Waals surface area contributed by atoms with E-state index in [0.717, 1.165) is 0 Å². The predicted octanol–water partition coefficient (Wildman–Crippen LogP) is 2.06. The number of ether oxygens (including phenoxy) is 4. The lowest BCUT2D eigenvalue weighted by molar-refractivity contribution is -0.252. The van der Waals surface area contributed by atoms with Gasteiger partial charge in [0, 0.05) is 45.3 Å². The molecule has 7 saturated carbocycles. The van der Waals surface area contributed by atoms with Crippen LogP contribution in [0.25, 0.3) is 0 Å². The quantitative estimate of drug-likeness (QED) is 0.211. The molecule has 6 spiro atoms. The highest BCUT2D eigenvalue weighted by molar-refractivity contribution is 6.17. The van der Waals surface area contributed by atoms with Crippen molar-refractivity contribution in [3.63, 3.8) is 0 Å². The summed E-state index contributed by atoms with van der Waals surface area (Å²) in [5.74, 6) is -5.72. The molecule has 4 N–H and O–H groups in total. The van der Waals surface area contributed by atoms with Crippen molar-refractivity contribution in [1.82, 2.24) is 0 Å². The second kappa shape index (κ2) is 9.35. The van der Waals surface area contributed by atoms with Crippen molar-refractivity contribution in [3.8, 4) is 0 Å². The fourth-order valence-electron chi connectivity index (χ4n) is 17.6. The molecule has 18 atom stereocenters. The number of aliphatic hydroxyl groups is 4. The Hall–Kier alpha value is -1.96. The van der Waals surface area contributed by atoms with E-state index in [0.29, 0.717) is 38.5 Å². The first-order valence-electron chi connectivity index (χ1n) is 19.9. The number of esters is 2. The average Bonchev–Trinajstić information content (AvgIpc) is 3.72. The van der Waals surface area contributed by atoms with Gasteiger partial charge in [-0.2, -0.15) is 0 Å².